The minimum absolute atomic E-state index is 0.107. The van der Waals surface area contributed by atoms with E-state index in [2.05, 4.69) is 23.1 Å². The minimum atomic E-state index is 0.107. The Bertz CT molecular complexity index is 806. The molecule has 0 saturated carbocycles. The van der Waals surface area contributed by atoms with Crippen molar-refractivity contribution < 1.29 is 4.74 Å². The highest BCUT2D eigenvalue weighted by molar-refractivity contribution is 6.31. The Morgan fingerprint density at radius 3 is 2.96 bits per heavy atom. The molecule has 2 aromatic carbocycles. The van der Waals surface area contributed by atoms with E-state index in [0.29, 0.717) is 6.04 Å². The van der Waals surface area contributed by atoms with Gasteiger partial charge in [0.1, 0.15) is 11.9 Å². The lowest BCUT2D eigenvalue weighted by atomic mass is 9.92. The number of piperidine rings is 1. The Hall–Kier alpha value is -1.55. The second-order valence-corrected chi connectivity index (χ2v) is 7.66. The molecule has 3 atom stereocenters. The first-order chi connectivity index (χ1) is 11.7. The summed E-state index contributed by atoms with van der Waals surface area (Å²) in [6.07, 6.45) is 3.46. The molecule has 1 fully saturated rings. The highest BCUT2D eigenvalue weighted by atomic mass is 35.5. The molecule has 2 N–H and O–H groups in total. The number of likely N-dealkylation sites (tertiary alicyclic amines) is 1. The van der Waals surface area contributed by atoms with E-state index in [9.17, 15) is 0 Å². The number of halogens is 1. The second kappa shape index (κ2) is 5.48. The molecule has 24 heavy (non-hydrogen) atoms. The SMILES string of the molecule is N[C@@H]1CCCN(C2Cc3cccc4c3[C@H]2Oc2ccc(Cl)cc2-4)C1. The summed E-state index contributed by atoms with van der Waals surface area (Å²) < 4.78 is 6.47. The first kappa shape index (κ1) is 14.8. The molecule has 2 aromatic rings. The molecule has 1 unspecified atom stereocenters. The summed E-state index contributed by atoms with van der Waals surface area (Å²) in [7, 11) is 0. The van der Waals surface area contributed by atoms with Crippen molar-refractivity contribution in [1.29, 1.82) is 0 Å². The van der Waals surface area contributed by atoms with E-state index in [1.54, 1.807) is 0 Å². The molecule has 3 nitrogen and oxygen atoms in total. The molecule has 0 bridgehead atoms. The molecule has 0 aromatic heterocycles. The topological polar surface area (TPSA) is 38.5 Å². The summed E-state index contributed by atoms with van der Waals surface area (Å²) in [5, 5.41) is 0.755. The zero-order valence-corrected chi connectivity index (χ0v) is 14.3. The zero-order chi connectivity index (χ0) is 16.3. The molecular weight excluding hydrogens is 320 g/mol. The van der Waals surface area contributed by atoms with Gasteiger partial charge in [-0.1, -0.05) is 29.8 Å². The molecule has 0 spiro atoms. The van der Waals surface area contributed by atoms with E-state index in [1.165, 1.54) is 23.1 Å². The predicted molar refractivity (Wildman–Crippen MR) is 96.5 cm³/mol. The van der Waals surface area contributed by atoms with Crippen LogP contribution in [0.25, 0.3) is 11.1 Å². The van der Waals surface area contributed by atoms with Gasteiger partial charge in [0.25, 0.3) is 0 Å². The fourth-order valence-electron chi connectivity index (χ4n) is 4.64. The van der Waals surface area contributed by atoms with Crippen LogP contribution in [0.5, 0.6) is 5.75 Å². The van der Waals surface area contributed by atoms with Crippen LogP contribution < -0.4 is 10.5 Å². The van der Waals surface area contributed by atoms with Crippen LogP contribution in [0.1, 0.15) is 30.1 Å². The van der Waals surface area contributed by atoms with Crippen LogP contribution in [0.4, 0.5) is 0 Å². The molecule has 2 aliphatic heterocycles. The fraction of sp³-hybridized carbons (Fsp3) is 0.400. The first-order valence-corrected chi connectivity index (χ1v) is 9.16. The average Bonchev–Trinajstić information content (AvgIpc) is 2.96. The number of fused-ring (bicyclic) bond motifs is 2. The van der Waals surface area contributed by atoms with Gasteiger partial charge in [-0.15, -0.1) is 0 Å². The van der Waals surface area contributed by atoms with Gasteiger partial charge < -0.3 is 10.5 Å². The third kappa shape index (κ3) is 2.19. The van der Waals surface area contributed by atoms with E-state index in [-0.39, 0.29) is 12.1 Å². The van der Waals surface area contributed by atoms with E-state index >= 15 is 0 Å². The summed E-state index contributed by atoms with van der Waals surface area (Å²) in [4.78, 5) is 2.55. The maximum atomic E-state index is 6.47. The van der Waals surface area contributed by atoms with Gasteiger partial charge in [-0.25, -0.2) is 0 Å². The van der Waals surface area contributed by atoms with Crippen LogP contribution >= 0.6 is 11.6 Å². The number of rotatable bonds is 1. The number of nitrogens with zero attached hydrogens (tertiary/aromatic N) is 1. The minimum Gasteiger partial charge on any atom is -0.483 e. The molecular formula is C20H21ClN2O. The Morgan fingerprint density at radius 1 is 1.17 bits per heavy atom. The van der Waals surface area contributed by atoms with Gasteiger partial charge in [0.15, 0.2) is 0 Å². The monoisotopic (exact) mass is 340 g/mol. The van der Waals surface area contributed by atoms with E-state index in [1.807, 2.05) is 18.2 Å². The molecule has 1 saturated heterocycles. The predicted octanol–water partition coefficient (Wildman–Crippen LogP) is 3.79. The van der Waals surface area contributed by atoms with E-state index < -0.39 is 0 Å². The Kier molecular flexibility index (Phi) is 3.37. The van der Waals surface area contributed by atoms with Crippen LogP contribution in [0, 0.1) is 0 Å². The third-order valence-corrected chi connectivity index (χ3v) is 5.94. The summed E-state index contributed by atoms with van der Waals surface area (Å²) >= 11 is 6.22. The number of hydrogen-bond donors (Lipinski definition) is 1. The van der Waals surface area contributed by atoms with Crippen molar-refractivity contribution in [2.45, 2.75) is 37.5 Å². The lowest BCUT2D eigenvalue weighted by Crippen LogP contribution is -2.50. The van der Waals surface area contributed by atoms with Crippen molar-refractivity contribution in [1.82, 2.24) is 4.90 Å². The van der Waals surface area contributed by atoms with Crippen molar-refractivity contribution in [2.75, 3.05) is 13.1 Å². The van der Waals surface area contributed by atoms with Crippen molar-refractivity contribution in [3.63, 3.8) is 0 Å². The Morgan fingerprint density at radius 2 is 2.08 bits per heavy atom. The summed E-state index contributed by atoms with van der Waals surface area (Å²) in [5.74, 6) is 0.947. The fourth-order valence-corrected chi connectivity index (χ4v) is 4.81. The van der Waals surface area contributed by atoms with Crippen LogP contribution in [0.2, 0.25) is 5.02 Å². The van der Waals surface area contributed by atoms with Crippen LogP contribution in [-0.2, 0) is 6.42 Å². The highest BCUT2D eigenvalue weighted by Crippen LogP contribution is 2.50. The number of benzene rings is 2. The summed E-state index contributed by atoms with van der Waals surface area (Å²) in [5.41, 5.74) is 11.4. The van der Waals surface area contributed by atoms with E-state index in [4.69, 9.17) is 22.1 Å². The Labute approximate surface area is 147 Å². The normalized spacial score (nSPS) is 28.2. The molecule has 4 heteroatoms. The highest BCUT2D eigenvalue weighted by Gasteiger charge is 2.43. The molecule has 3 aliphatic rings. The number of nitrogens with two attached hydrogens (primary N) is 1. The quantitative estimate of drug-likeness (QED) is 0.858. The molecule has 0 radical (unpaired) electrons. The number of ether oxygens (including phenoxy) is 1. The summed E-state index contributed by atoms with van der Waals surface area (Å²) in [6.45, 7) is 2.09. The zero-order valence-electron chi connectivity index (χ0n) is 13.5. The number of hydrogen-bond acceptors (Lipinski definition) is 3. The largest absolute Gasteiger partial charge is 0.483 e. The third-order valence-electron chi connectivity index (χ3n) is 5.70. The lowest BCUT2D eigenvalue weighted by molar-refractivity contribution is 0.0582. The van der Waals surface area contributed by atoms with Gasteiger partial charge in [0.05, 0.1) is 6.04 Å². The molecule has 2 heterocycles. The smallest absolute Gasteiger partial charge is 0.140 e. The molecule has 124 valence electrons. The van der Waals surface area contributed by atoms with Crippen LogP contribution in [-0.4, -0.2) is 30.1 Å². The van der Waals surface area contributed by atoms with Crippen molar-refractivity contribution in [3.05, 3.63) is 52.5 Å². The van der Waals surface area contributed by atoms with Gasteiger partial charge in [0.2, 0.25) is 0 Å². The van der Waals surface area contributed by atoms with Gasteiger partial charge in [0, 0.05) is 28.7 Å². The van der Waals surface area contributed by atoms with Crippen molar-refractivity contribution in [3.8, 4) is 16.9 Å². The van der Waals surface area contributed by atoms with Crippen LogP contribution in [0.15, 0.2) is 36.4 Å². The average molecular weight is 341 g/mol. The summed E-state index contributed by atoms with van der Waals surface area (Å²) in [6, 6.07) is 13.2. The van der Waals surface area contributed by atoms with E-state index in [0.717, 1.165) is 42.3 Å². The van der Waals surface area contributed by atoms with Gasteiger partial charge in [-0.2, -0.15) is 0 Å². The van der Waals surface area contributed by atoms with Gasteiger partial charge in [-0.3, -0.25) is 4.90 Å². The Balaban J connectivity index is 1.59. The maximum Gasteiger partial charge on any atom is 0.140 e. The standard InChI is InChI=1S/C20H21ClN2O/c21-13-6-7-18-16(10-13)15-5-1-3-12-9-17(20(24-18)19(12)15)23-8-2-4-14(22)11-23/h1,3,5-7,10,14,17,20H,2,4,8-9,11,22H2/t14-,17?,20+/m1/s1. The van der Waals surface area contributed by atoms with Crippen molar-refractivity contribution in [2.24, 2.45) is 5.73 Å². The second-order valence-electron chi connectivity index (χ2n) is 7.23. The van der Waals surface area contributed by atoms with Crippen molar-refractivity contribution >= 4 is 11.6 Å². The molecule has 0 amide bonds. The first-order valence-electron chi connectivity index (χ1n) is 8.79. The molecule has 5 rings (SSSR count). The lowest BCUT2D eigenvalue weighted by Gasteiger charge is -2.39. The van der Waals surface area contributed by atoms with Gasteiger partial charge >= 0.3 is 0 Å². The van der Waals surface area contributed by atoms with Crippen LogP contribution in [0.3, 0.4) is 0 Å². The molecule has 1 aliphatic carbocycles. The van der Waals surface area contributed by atoms with Gasteiger partial charge in [-0.05, 0) is 55.1 Å². The maximum absolute atomic E-state index is 6.47.